The Morgan fingerprint density at radius 1 is 0.868 bits per heavy atom. The summed E-state index contributed by atoms with van der Waals surface area (Å²) in [5.41, 5.74) is 3.38. The van der Waals surface area contributed by atoms with Gasteiger partial charge in [-0.15, -0.1) is 0 Å². The maximum atomic E-state index is 14.1. The largest absolute Gasteiger partial charge is 0.497 e. The number of nitrogens with one attached hydrogen (secondary N) is 2. The molecule has 3 aromatic carbocycles. The van der Waals surface area contributed by atoms with Crippen molar-refractivity contribution in [2.75, 3.05) is 17.7 Å². The summed E-state index contributed by atoms with van der Waals surface area (Å²) in [4.78, 5) is 41.7. The molecule has 1 saturated carbocycles. The second-order valence-electron chi connectivity index (χ2n) is 10.0. The van der Waals surface area contributed by atoms with Gasteiger partial charge < -0.3 is 20.3 Å². The predicted molar refractivity (Wildman–Crippen MR) is 147 cm³/mol. The Labute approximate surface area is 223 Å². The van der Waals surface area contributed by atoms with Gasteiger partial charge in [-0.25, -0.2) is 0 Å². The van der Waals surface area contributed by atoms with Crippen LogP contribution in [0.1, 0.15) is 72.5 Å². The summed E-state index contributed by atoms with van der Waals surface area (Å²) in [5.74, 6) is -0.313. The Hall–Kier alpha value is -4.13. The van der Waals surface area contributed by atoms with Gasteiger partial charge in [0, 0.05) is 29.9 Å². The molecule has 0 radical (unpaired) electrons. The molecule has 0 bridgehead atoms. The second kappa shape index (κ2) is 11.1. The number of fused-ring (bicyclic) bond motifs is 1. The van der Waals surface area contributed by atoms with Crippen molar-refractivity contribution in [2.24, 2.45) is 0 Å². The van der Waals surface area contributed by atoms with Crippen LogP contribution in [0.5, 0.6) is 5.75 Å². The first-order valence-electron chi connectivity index (χ1n) is 13.2. The monoisotopic (exact) mass is 511 g/mol. The highest BCUT2D eigenvalue weighted by molar-refractivity contribution is 6.04. The number of anilines is 2. The molecular formula is C31H33N3O4. The van der Waals surface area contributed by atoms with Gasteiger partial charge in [0.1, 0.15) is 5.75 Å². The highest BCUT2D eigenvalue weighted by Crippen LogP contribution is 2.46. The minimum atomic E-state index is -0.622. The van der Waals surface area contributed by atoms with E-state index in [9.17, 15) is 14.4 Å². The Bertz CT molecular complexity index is 1330. The van der Waals surface area contributed by atoms with E-state index in [0.717, 1.165) is 49.0 Å². The van der Waals surface area contributed by atoms with Crippen molar-refractivity contribution in [2.45, 2.75) is 57.0 Å². The fourth-order valence-corrected chi connectivity index (χ4v) is 5.85. The standard InChI is InChI=1S/C31H33N3O4/c1-20(35)32-22-9-8-10-23(19-22)33-30(36)28-26-13-6-7-14-27(26)31(37)34(24-11-4-3-5-12-24)29(28)21-15-17-25(38-2)18-16-21/h6-10,13-19,24,28-29H,3-5,11-12H2,1-2H3,(H,32,35)(H,33,36)/t28-,29-/m0/s1. The van der Waals surface area contributed by atoms with Crippen LogP contribution >= 0.6 is 0 Å². The molecule has 1 fully saturated rings. The number of ether oxygens (including phenoxy) is 1. The van der Waals surface area contributed by atoms with E-state index in [1.807, 2.05) is 53.4 Å². The maximum absolute atomic E-state index is 14.1. The third-order valence-corrected chi connectivity index (χ3v) is 7.53. The number of benzene rings is 3. The number of rotatable bonds is 6. The fraction of sp³-hybridized carbons (Fsp3) is 0.323. The van der Waals surface area contributed by atoms with Gasteiger partial charge in [0.15, 0.2) is 0 Å². The molecule has 2 aliphatic rings. The van der Waals surface area contributed by atoms with Crippen LogP contribution in [0.2, 0.25) is 0 Å². The molecule has 0 saturated heterocycles. The number of nitrogens with zero attached hydrogens (tertiary/aromatic N) is 1. The summed E-state index contributed by atoms with van der Waals surface area (Å²) < 4.78 is 5.38. The number of carbonyl (C=O) groups is 3. The quantitative estimate of drug-likeness (QED) is 0.431. The number of carbonyl (C=O) groups excluding carboxylic acids is 3. The number of amides is 3. The molecule has 2 atom stereocenters. The fourth-order valence-electron chi connectivity index (χ4n) is 5.85. The molecule has 0 aromatic heterocycles. The van der Waals surface area contributed by atoms with Crippen LogP contribution in [0.25, 0.3) is 0 Å². The summed E-state index contributed by atoms with van der Waals surface area (Å²) in [7, 11) is 1.62. The van der Waals surface area contributed by atoms with E-state index in [4.69, 9.17) is 4.74 Å². The highest BCUT2D eigenvalue weighted by Gasteiger charge is 2.46. The molecule has 7 nitrogen and oxygen atoms in total. The van der Waals surface area contributed by atoms with Crippen LogP contribution in [-0.2, 0) is 9.59 Å². The minimum absolute atomic E-state index is 0.0231. The van der Waals surface area contributed by atoms with E-state index in [0.29, 0.717) is 16.9 Å². The average molecular weight is 512 g/mol. The Balaban J connectivity index is 1.59. The third-order valence-electron chi connectivity index (χ3n) is 7.53. The molecule has 0 spiro atoms. The van der Waals surface area contributed by atoms with Crippen LogP contribution in [0, 0.1) is 0 Å². The van der Waals surface area contributed by atoms with Crippen molar-refractivity contribution in [3.05, 3.63) is 89.5 Å². The number of hydrogen-bond acceptors (Lipinski definition) is 4. The SMILES string of the molecule is COc1ccc([C@H]2[C@@H](C(=O)Nc3cccc(NC(C)=O)c3)c3ccccc3C(=O)N2C2CCCCC2)cc1. The highest BCUT2D eigenvalue weighted by atomic mass is 16.5. The molecule has 5 rings (SSSR count). The molecule has 7 heteroatoms. The van der Waals surface area contributed by atoms with Crippen LogP contribution in [0.15, 0.2) is 72.8 Å². The van der Waals surface area contributed by atoms with E-state index in [-0.39, 0.29) is 23.8 Å². The summed E-state index contributed by atoms with van der Waals surface area (Å²) >= 11 is 0. The van der Waals surface area contributed by atoms with Crippen molar-refractivity contribution >= 4 is 29.1 Å². The summed E-state index contributed by atoms with van der Waals surface area (Å²) in [6.45, 7) is 1.44. The zero-order chi connectivity index (χ0) is 26.6. The lowest BCUT2D eigenvalue weighted by molar-refractivity contribution is -0.119. The topological polar surface area (TPSA) is 87.7 Å². The minimum Gasteiger partial charge on any atom is -0.497 e. The zero-order valence-electron chi connectivity index (χ0n) is 21.8. The van der Waals surface area contributed by atoms with Crippen molar-refractivity contribution in [1.82, 2.24) is 4.90 Å². The molecular weight excluding hydrogens is 478 g/mol. The summed E-state index contributed by atoms with van der Waals surface area (Å²) in [5, 5.41) is 5.83. The lowest BCUT2D eigenvalue weighted by atomic mass is 9.77. The smallest absolute Gasteiger partial charge is 0.254 e. The molecule has 2 N–H and O–H groups in total. The van der Waals surface area contributed by atoms with Crippen LogP contribution in [0.4, 0.5) is 11.4 Å². The van der Waals surface area contributed by atoms with Gasteiger partial charge in [0.05, 0.1) is 19.1 Å². The van der Waals surface area contributed by atoms with Gasteiger partial charge in [-0.05, 0) is 60.4 Å². The van der Waals surface area contributed by atoms with Crippen molar-refractivity contribution < 1.29 is 19.1 Å². The van der Waals surface area contributed by atoms with Crippen LogP contribution in [0.3, 0.4) is 0 Å². The zero-order valence-corrected chi connectivity index (χ0v) is 21.8. The lowest BCUT2D eigenvalue weighted by Crippen LogP contribution is -2.51. The lowest BCUT2D eigenvalue weighted by Gasteiger charge is -2.46. The van der Waals surface area contributed by atoms with Gasteiger partial charge in [0.25, 0.3) is 5.91 Å². The van der Waals surface area contributed by atoms with Gasteiger partial charge in [0.2, 0.25) is 11.8 Å². The maximum Gasteiger partial charge on any atom is 0.254 e. The Morgan fingerprint density at radius 3 is 2.24 bits per heavy atom. The van der Waals surface area contributed by atoms with Crippen molar-refractivity contribution in [3.8, 4) is 5.75 Å². The third kappa shape index (κ3) is 5.14. The van der Waals surface area contributed by atoms with Crippen molar-refractivity contribution in [1.29, 1.82) is 0 Å². The first-order chi connectivity index (χ1) is 18.5. The molecule has 196 valence electrons. The van der Waals surface area contributed by atoms with Crippen molar-refractivity contribution in [3.63, 3.8) is 0 Å². The van der Waals surface area contributed by atoms with E-state index in [1.165, 1.54) is 6.92 Å². The van der Waals surface area contributed by atoms with Crippen LogP contribution < -0.4 is 15.4 Å². The van der Waals surface area contributed by atoms with E-state index >= 15 is 0 Å². The molecule has 0 unspecified atom stereocenters. The predicted octanol–water partition coefficient (Wildman–Crippen LogP) is 5.91. The van der Waals surface area contributed by atoms with Gasteiger partial charge >= 0.3 is 0 Å². The molecule has 3 amide bonds. The molecule has 1 heterocycles. The Morgan fingerprint density at radius 2 is 1.55 bits per heavy atom. The molecule has 1 aliphatic carbocycles. The van der Waals surface area contributed by atoms with Gasteiger partial charge in [-0.1, -0.05) is 55.7 Å². The van der Waals surface area contributed by atoms with Crippen LogP contribution in [-0.4, -0.2) is 35.8 Å². The number of methoxy groups -OCH3 is 1. The first-order valence-corrected chi connectivity index (χ1v) is 13.2. The molecule has 38 heavy (non-hydrogen) atoms. The molecule has 3 aromatic rings. The second-order valence-corrected chi connectivity index (χ2v) is 10.0. The summed E-state index contributed by atoms with van der Waals surface area (Å²) in [6, 6.07) is 21.8. The average Bonchev–Trinajstić information content (AvgIpc) is 2.93. The van der Waals surface area contributed by atoms with Gasteiger partial charge in [-0.3, -0.25) is 14.4 Å². The van der Waals surface area contributed by atoms with E-state index in [2.05, 4.69) is 10.6 Å². The Kier molecular flexibility index (Phi) is 7.45. The molecule has 1 aliphatic heterocycles. The number of hydrogen-bond donors (Lipinski definition) is 2. The van der Waals surface area contributed by atoms with E-state index < -0.39 is 12.0 Å². The first kappa shape index (κ1) is 25.5. The van der Waals surface area contributed by atoms with Gasteiger partial charge in [-0.2, -0.15) is 0 Å². The summed E-state index contributed by atoms with van der Waals surface area (Å²) in [6.07, 6.45) is 5.15. The normalized spacial score (nSPS) is 19.4. The van der Waals surface area contributed by atoms with E-state index in [1.54, 1.807) is 31.4 Å².